The highest BCUT2D eigenvalue weighted by Crippen LogP contribution is 2.55. The van der Waals surface area contributed by atoms with Gasteiger partial charge in [0.25, 0.3) is 0 Å². The molecule has 2 fully saturated rings. The van der Waals surface area contributed by atoms with Crippen molar-refractivity contribution in [2.75, 3.05) is 20.6 Å². The first-order valence-corrected chi connectivity index (χ1v) is 7.34. The van der Waals surface area contributed by atoms with Crippen molar-refractivity contribution in [2.45, 2.75) is 49.9 Å². The molecule has 1 aromatic rings. The van der Waals surface area contributed by atoms with Crippen LogP contribution in [-0.4, -0.2) is 31.5 Å². The average molecular weight is 279 g/mol. The summed E-state index contributed by atoms with van der Waals surface area (Å²) in [6.45, 7) is -2.33. The van der Waals surface area contributed by atoms with Crippen molar-refractivity contribution in [3.63, 3.8) is 0 Å². The molecule has 1 saturated carbocycles. The molecule has 1 heterocycles. The summed E-state index contributed by atoms with van der Waals surface area (Å²) >= 11 is 0. The predicted octanol–water partition coefficient (Wildman–Crippen LogP) is 3.38. The van der Waals surface area contributed by atoms with Gasteiger partial charge < -0.3 is 9.64 Å². The maximum absolute atomic E-state index is 9.24. The lowest BCUT2D eigenvalue weighted by Crippen LogP contribution is -2.59. The van der Waals surface area contributed by atoms with Crippen LogP contribution in [0.3, 0.4) is 0 Å². The number of rotatable bonds is 1. The van der Waals surface area contributed by atoms with E-state index < -0.39 is 31.3 Å². The molecule has 2 bridgehead atoms. The number of ether oxygens (including phenoxy) is 1. The molecular weight excluding hydrogens is 246 g/mol. The lowest BCUT2D eigenvalue weighted by atomic mass is 9.52. The summed E-state index contributed by atoms with van der Waals surface area (Å²) in [6.07, 6.45) is 0.722. The van der Waals surface area contributed by atoms with E-state index in [2.05, 4.69) is 0 Å². The minimum Gasteiger partial charge on any atom is -0.497 e. The molecule has 1 saturated heterocycles. The Morgan fingerprint density at radius 2 is 2.45 bits per heavy atom. The highest BCUT2D eigenvalue weighted by molar-refractivity contribution is 5.45. The van der Waals surface area contributed by atoms with Crippen LogP contribution in [0.15, 0.2) is 18.2 Å². The summed E-state index contributed by atoms with van der Waals surface area (Å²) < 4.78 is 71.5. The second-order valence-corrected chi connectivity index (χ2v) is 6.15. The first-order valence-electron chi connectivity index (χ1n) is 11.3. The zero-order chi connectivity index (χ0) is 20.8. The first kappa shape index (κ1) is 6.83. The van der Waals surface area contributed by atoms with Gasteiger partial charge in [-0.05, 0) is 68.4 Å². The highest BCUT2D eigenvalue weighted by Gasteiger charge is 2.53. The molecule has 1 unspecified atom stereocenters. The molecule has 3 atom stereocenters. The minimum atomic E-state index is -2.62. The first-order chi connectivity index (χ1) is 12.8. The highest BCUT2D eigenvalue weighted by atomic mass is 16.5. The molecule has 0 amide bonds. The number of nitrogens with zero attached hydrogens (tertiary/aromatic N) is 1. The minimum absolute atomic E-state index is 0.130. The monoisotopic (exact) mass is 279 g/mol. The van der Waals surface area contributed by atoms with Gasteiger partial charge in [0.1, 0.15) is 5.75 Å². The molecule has 1 aliphatic heterocycles. The topological polar surface area (TPSA) is 12.5 Å². The van der Waals surface area contributed by atoms with Gasteiger partial charge in [0.15, 0.2) is 0 Å². The Morgan fingerprint density at radius 3 is 3.35 bits per heavy atom. The third-order valence-electron chi connectivity index (χ3n) is 5.24. The summed E-state index contributed by atoms with van der Waals surface area (Å²) in [7, 11) is -1.10. The molecule has 2 nitrogen and oxygen atoms in total. The summed E-state index contributed by atoms with van der Waals surface area (Å²) in [6, 6.07) is 3.60. The van der Waals surface area contributed by atoms with Gasteiger partial charge in [-0.25, -0.2) is 0 Å². The van der Waals surface area contributed by atoms with E-state index in [4.69, 9.17) is 14.3 Å². The smallest absolute Gasteiger partial charge is 0.119 e. The van der Waals surface area contributed by atoms with Crippen LogP contribution in [0, 0.1) is 5.92 Å². The standard InChI is InChI=1S/C18H25NO/c1-19-10-9-18-8-4-3-5-15(18)17(19)11-13-6-7-14(20-2)12-16(13)18/h6-7,12,15,17H,3-5,8-11H2,1-2H3/t15?,17-,18-/m0/s1/i2D3,9D2,10D2,17D. The summed E-state index contributed by atoms with van der Waals surface area (Å²) in [5.41, 5.74) is 0.200. The number of methoxy groups -OCH3 is 1. The van der Waals surface area contributed by atoms with Crippen molar-refractivity contribution in [3.8, 4) is 5.75 Å². The molecule has 2 heteroatoms. The summed E-state index contributed by atoms with van der Waals surface area (Å²) in [5, 5.41) is 0. The van der Waals surface area contributed by atoms with Crippen LogP contribution in [0.4, 0.5) is 0 Å². The summed E-state index contributed by atoms with van der Waals surface area (Å²) in [5.74, 6) is -0.252. The number of hydrogen-bond donors (Lipinski definition) is 0. The normalized spacial score (nSPS) is 51.4. The SMILES string of the molecule is [2H]C([2H])([2H])Oc1ccc2c(c1)[C@]13CCCCC1[C@]([2H])(C2)N(C)C([2H])([2H])C3([2H])[2H]. The third-order valence-corrected chi connectivity index (χ3v) is 5.24. The average Bonchev–Trinajstić information content (AvgIpc) is 2.59. The van der Waals surface area contributed by atoms with E-state index in [1.807, 2.05) is 0 Å². The molecule has 0 radical (unpaired) electrons. The Morgan fingerprint density at radius 1 is 1.50 bits per heavy atom. The van der Waals surface area contributed by atoms with Gasteiger partial charge in [0.05, 0.1) is 11.2 Å². The number of likely N-dealkylation sites (N-methyl/N-ethyl adjacent to an activating group) is 1. The van der Waals surface area contributed by atoms with Crippen molar-refractivity contribution in [3.05, 3.63) is 29.3 Å². The van der Waals surface area contributed by atoms with Gasteiger partial charge in [0, 0.05) is 18.3 Å². The van der Waals surface area contributed by atoms with Gasteiger partial charge in [-0.3, -0.25) is 0 Å². The van der Waals surface area contributed by atoms with Gasteiger partial charge in [-0.2, -0.15) is 0 Å². The van der Waals surface area contributed by atoms with Crippen molar-refractivity contribution in [1.29, 1.82) is 0 Å². The Labute approximate surface area is 133 Å². The largest absolute Gasteiger partial charge is 0.497 e. The Hall–Kier alpha value is -1.02. The molecular formula is C18H25NO. The molecule has 3 aliphatic rings. The van der Waals surface area contributed by atoms with E-state index in [1.165, 1.54) is 11.9 Å². The number of fused-ring (bicyclic) bond motifs is 1. The maximum Gasteiger partial charge on any atom is 0.119 e. The fourth-order valence-electron chi connectivity index (χ4n) is 4.28. The van der Waals surface area contributed by atoms with E-state index >= 15 is 0 Å². The van der Waals surface area contributed by atoms with Crippen LogP contribution in [0.5, 0.6) is 5.75 Å². The van der Waals surface area contributed by atoms with Crippen molar-refractivity contribution in [2.24, 2.45) is 5.92 Å². The molecule has 1 aromatic carbocycles. The van der Waals surface area contributed by atoms with Crippen LogP contribution in [0.25, 0.3) is 0 Å². The van der Waals surface area contributed by atoms with Crippen LogP contribution < -0.4 is 4.74 Å². The fourth-order valence-corrected chi connectivity index (χ4v) is 4.28. The second kappa shape index (κ2) is 4.49. The number of hydrogen-bond acceptors (Lipinski definition) is 2. The van der Waals surface area contributed by atoms with E-state index in [9.17, 15) is 1.37 Å². The van der Waals surface area contributed by atoms with Gasteiger partial charge in [-0.15, -0.1) is 0 Å². The quantitative estimate of drug-likeness (QED) is 0.781. The third kappa shape index (κ3) is 1.60. The number of likely N-dealkylation sites (tertiary alicyclic amines) is 1. The molecule has 108 valence electrons. The lowest BCUT2D eigenvalue weighted by Gasteiger charge is -2.58. The second-order valence-electron chi connectivity index (χ2n) is 6.15. The van der Waals surface area contributed by atoms with Crippen molar-refractivity contribution >= 4 is 0 Å². The Bertz CT molecular complexity index is 809. The molecule has 20 heavy (non-hydrogen) atoms. The Balaban J connectivity index is 1.99. The Kier molecular flexibility index (Phi) is 1.53. The number of benzene rings is 1. The van der Waals surface area contributed by atoms with Crippen LogP contribution in [-0.2, 0) is 11.8 Å². The van der Waals surface area contributed by atoms with E-state index in [0.29, 0.717) is 18.4 Å². The van der Waals surface area contributed by atoms with Crippen molar-refractivity contribution in [1.82, 2.24) is 4.90 Å². The molecule has 2 aliphatic carbocycles. The predicted molar refractivity (Wildman–Crippen MR) is 81.4 cm³/mol. The molecule has 4 rings (SSSR count). The van der Waals surface area contributed by atoms with Gasteiger partial charge >= 0.3 is 0 Å². The van der Waals surface area contributed by atoms with E-state index in [0.717, 1.165) is 18.4 Å². The summed E-state index contributed by atoms with van der Waals surface area (Å²) in [4.78, 5) is 1.28. The van der Waals surface area contributed by atoms with E-state index in [-0.39, 0.29) is 18.1 Å². The zero-order valence-corrected chi connectivity index (χ0v) is 11.7. The van der Waals surface area contributed by atoms with Crippen LogP contribution in [0.2, 0.25) is 0 Å². The van der Waals surface area contributed by atoms with Crippen LogP contribution in [0.1, 0.15) is 54.1 Å². The zero-order valence-electron chi connectivity index (χ0n) is 19.7. The molecule has 0 aromatic heterocycles. The number of piperidine rings is 1. The van der Waals surface area contributed by atoms with Crippen molar-refractivity contribution < 1.29 is 15.7 Å². The molecule has 0 N–H and O–H groups in total. The lowest BCUT2D eigenvalue weighted by molar-refractivity contribution is 0.00274. The maximum atomic E-state index is 9.24. The van der Waals surface area contributed by atoms with E-state index in [1.54, 1.807) is 18.2 Å². The van der Waals surface area contributed by atoms with Gasteiger partial charge in [-0.1, -0.05) is 18.9 Å². The fraction of sp³-hybridized carbons (Fsp3) is 0.667. The van der Waals surface area contributed by atoms with Crippen LogP contribution >= 0.6 is 0 Å². The van der Waals surface area contributed by atoms with Gasteiger partial charge in [0.2, 0.25) is 0 Å². The molecule has 0 spiro atoms.